The molecule has 0 aliphatic carbocycles. The predicted octanol–water partition coefficient (Wildman–Crippen LogP) is 13.6. The summed E-state index contributed by atoms with van der Waals surface area (Å²) in [7, 11) is 0. The molecule has 3 atom stereocenters. The Balaban J connectivity index is 4.72. The van der Waals surface area contributed by atoms with Crippen LogP contribution in [0.5, 0.6) is 0 Å². The fourth-order valence-electron chi connectivity index (χ4n) is 6.57. The lowest BCUT2D eigenvalue weighted by Crippen LogP contribution is -2.46. The van der Waals surface area contributed by atoms with Gasteiger partial charge in [-0.3, -0.25) is 9.59 Å². The summed E-state index contributed by atoms with van der Waals surface area (Å²) in [4.78, 5) is 26.0. The maximum absolute atomic E-state index is 13.1. The van der Waals surface area contributed by atoms with Gasteiger partial charge in [-0.25, -0.2) is 0 Å². The van der Waals surface area contributed by atoms with Crippen LogP contribution in [0.25, 0.3) is 0 Å². The van der Waals surface area contributed by atoms with Crippen molar-refractivity contribution in [2.24, 2.45) is 0 Å². The SMILES string of the molecule is CC/C=C/C=C/C=C/C=C\CCCCCC(CC(=O)NC(CO)C(O)CCCCCCCCCCCCC)OC(=O)CCCCCC/C=C/C/C=C/C/C=C/CC. The van der Waals surface area contributed by atoms with Crippen molar-refractivity contribution in [3.05, 3.63) is 85.1 Å². The number of unbranched alkanes of at least 4 members (excludes halogenated alkanes) is 17. The topological polar surface area (TPSA) is 95.9 Å². The van der Waals surface area contributed by atoms with Gasteiger partial charge in [0, 0.05) is 6.42 Å². The molecule has 0 saturated heterocycles. The molecule has 0 aromatic carbocycles. The van der Waals surface area contributed by atoms with Gasteiger partial charge in [0.05, 0.1) is 25.2 Å². The molecule has 0 saturated carbocycles. The highest BCUT2D eigenvalue weighted by Crippen LogP contribution is 2.17. The number of carbonyl (C=O) groups excluding carboxylic acids is 2. The summed E-state index contributed by atoms with van der Waals surface area (Å²) in [5, 5.41) is 23.6. The van der Waals surface area contributed by atoms with Gasteiger partial charge in [0.2, 0.25) is 5.91 Å². The van der Waals surface area contributed by atoms with Crippen LogP contribution >= 0.6 is 0 Å². The average Bonchev–Trinajstić information content (AvgIpc) is 3.20. The zero-order chi connectivity index (χ0) is 41.7. The molecule has 0 spiro atoms. The van der Waals surface area contributed by atoms with Crippen LogP contribution < -0.4 is 5.32 Å². The number of rotatable bonds is 40. The highest BCUT2D eigenvalue weighted by Gasteiger charge is 2.24. The fourth-order valence-corrected chi connectivity index (χ4v) is 6.57. The number of hydrogen-bond acceptors (Lipinski definition) is 5. The Labute approximate surface area is 351 Å². The first-order valence-electron chi connectivity index (χ1n) is 23.4. The minimum absolute atomic E-state index is 0.0377. The second-order valence-electron chi connectivity index (χ2n) is 15.5. The van der Waals surface area contributed by atoms with Crippen molar-refractivity contribution in [2.75, 3.05) is 6.61 Å². The van der Waals surface area contributed by atoms with Crippen LogP contribution in [0.15, 0.2) is 85.1 Å². The van der Waals surface area contributed by atoms with E-state index in [9.17, 15) is 19.8 Å². The Bertz CT molecular complexity index is 1120. The number of aliphatic hydroxyl groups excluding tert-OH is 2. The van der Waals surface area contributed by atoms with Crippen LogP contribution in [-0.4, -0.2) is 46.9 Å². The molecule has 0 radical (unpaired) electrons. The Morgan fingerprint density at radius 2 is 1.04 bits per heavy atom. The van der Waals surface area contributed by atoms with Crippen molar-refractivity contribution < 1.29 is 24.5 Å². The summed E-state index contributed by atoms with van der Waals surface area (Å²) < 4.78 is 5.88. The van der Waals surface area contributed by atoms with E-state index in [0.29, 0.717) is 19.3 Å². The third kappa shape index (κ3) is 39.6. The van der Waals surface area contributed by atoms with Gasteiger partial charge < -0.3 is 20.3 Å². The summed E-state index contributed by atoms with van der Waals surface area (Å²) in [5.74, 6) is -0.548. The zero-order valence-corrected chi connectivity index (χ0v) is 36.9. The average molecular weight is 794 g/mol. The molecule has 3 N–H and O–H groups in total. The van der Waals surface area contributed by atoms with Crippen molar-refractivity contribution in [3.8, 4) is 0 Å². The van der Waals surface area contributed by atoms with Crippen LogP contribution in [-0.2, 0) is 14.3 Å². The molecule has 1 amide bonds. The van der Waals surface area contributed by atoms with Gasteiger partial charge in [0.25, 0.3) is 0 Å². The molecule has 0 aromatic heterocycles. The number of allylic oxidation sites excluding steroid dienone is 14. The third-order valence-corrected chi connectivity index (χ3v) is 10.1. The smallest absolute Gasteiger partial charge is 0.306 e. The van der Waals surface area contributed by atoms with Gasteiger partial charge >= 0.3 is 5.97 Å². The number of esters is 1. The molecule has 0 fully saturated rings. The molecular formula is C51H87NO5. The van der Waals surface area contributed by atoms with E-state index in [1.165, 1.54) is 51.4 Å². The van der Waals surface area contributed by atoms with Gasteiger partial charge in [-0.2, -0.15) is 0 Å². The first-order valence-corrected chi connectivity index (χ1v) is 23.4. The number of ether oxygens (including phenoxy) is 1. The summed E-state index contributed by atoms with van der Waals surface area (Å²) >= 11 is 0. The number of carbonyl (C=O) groups is 2. The summed E-state index contributed by atoms with van der Waals surface area (Å²) in [5.41, 5.74) is 0. The van der Waals surface area contributed by atoms with Gasteiger partial charge in [-0.1, -0.05) is 196 Å². The first kappa shape index (κ1) is 54.0. The lowest BCUT2D eigenvalue weighted by atomic mass is 10.0. The zero-order valence-electron chi connectivity index (χ0n) is 36.9. The molecule has 0 aromatic rings. The van der Waals surface area contributed by atoms with E-state index in [1.807, 2.05) is 30.4 Å². The van der Waals surface area contributed by atoms with Crippen molar-refractivity contribution in [1.29, 1.82) is 0 Å². The molecule has 3 unspecified atom stereocenters. The highest BCUT2D eigenvalue weighted by atomic mass is 16.5. The molecule has 0 heterocycles. The molecule has 6 nitrogen and oxygen atoms in total. The van der Waals surface area contributed by atoms with Gasteiger partial charge in [0.15, 0.2) is 0 Å². The Hall–Kier alpha value is -2.96. The number of hydrogen-bond donors (Lipinski definition) is 3. The highest BCUT2D eigenvalue weighted by molar-refractivity contribution is 5.77. The number of nitrogens with one attached hydrogen (secondary N) is 1. The predicted molar refractivity (Wildman–Crippen MR) is 245 cm³/mol. The van der Waals surface area contributed by atoms with E-state index in [-0.39, 0.29) is 24.9 Å². The van der Waals surface area contributed by atoms with Crippen LogP contribution in [0.2, 0.25) is 0 Å². The molecule has 0 aliphatic rings. The first-order chi connectivity index (χ1) is 28.0. The normalized spacial score (nSPS) is 14.1. The minimum Gasteiger partial charge on any atom is -0.462 e. The van der Waals surface area contributed by atoms with Crippen LogP contribution in [0.4, 0.5) is 0 Å². The minimum atomic E-state index is -0.805. The molecule has 57 heavy (non-hydrogen) atoms. The van der Waals surface area contributed by atoms with E-state index in [0.717, 1.165) is 103 Å². The van der Waals surface area contributed by atoms with E-state index in [1.54, 1.807) is 0 Å². The van der Waals surface area contributed by atoms with E-state index >= 15 is 0 Å². The van der Waals surface area contributed by atoms with Crippen molar-refractivity contribution in [3.63, 3.8) is 0 Å². The molecule has 0 bridgehead atoms. The van der Waals surface area contributed by atoms with E-state index in [4.69, 9.17) is 4.74 Å². The summed E-state index contributed by atoms with van der Waals surface area (Å²) in [6.07, 6.45) is 56.4. The Morgan fingerprint density at radius 1 is 0.544 bits per heavy atom. The van der Waals surface area contributed by atoms with Crippen molar-refractivity contribution >= 4 is 11.9 Å². The number of amides is 1. The van der Waals surface area contributed by atoms with Crippen LogP contribution in [0, 0.1) is 0 Å². The Kier molecular flexibility index (Phi) is 41.9. The van der Waals surface area contributed by atoms with E-state index in [2.05, 4.69) is 80.8 Å². The maximum Gasteiger partial charge on any atom is 0.306 e. The lowest BCUT2D eigenvalue weighted by molar-refractivity contribution is -0.151. The molecular weight excluding hydrogens is 707 g/mol. The number of aliphatic hydroxyl groups is 2. The maximum atomic E-state index is 13.1. The summed E-state index contributed by atoms with van der Waals surface area (Å²) in [6, 6.07) is -0.722. The quantitative estimate of drug-likeness (QED) is 0.0248. The molecule has 6 heteroatoms. The summed E-state index contributed by atoms with van der Waals surface area (Å²) in [6.45, 7) is 6.19. The monoisotopic (exact) mass is 794 g/mol. The van der Waals surface area contributed by atoms with Gasteiger partial charge in [-0.15, -0.1) is 0 Å². The Morgan fingerprint density at radius 3 is 1.67 bits per heavy atom. The van der Waals surface area contributed by atoms with Crippen molar-refractivity contribution in [2.45, 2.75) is 219 Å². The van der Waals surface area contributed by atoms with Gasteiger partial charge in [-0.05, 0) is 77.0 Å². The van der Waals surface area contributed by atoms with Crippen LogP contribution in [0.1, 0.15) is 201 Å². The standard InChI is InChI=1S/C51H87NO5/c1-4-7-10-13-16-19-22-24-26-29-32-35-38-41-44-51(56)57-47(42-39-36-33-30-28-25-23-20-17-14-11-8-5-2)45-50(55)52-48(46-53)49(54)43-40-37-34-31-27-21-18-15-12-9-6-3/h7-8,10-11,14,16-17,19-20,23-26,28,47-49,53-54H,4-6,9,12-13,15,18,21-22,27,29-46H2,1-3H3,(H,52,55)/b10-7+,11-8+,17-14+,19-16+,23-20+,26-24+,28-25-. The van der Waals surface area contributed by atoms with Crippen LogP contribution in [0.3, 0.4) is 0 Å². The van der Waals surface area contributed by atoms with Gasteiger partial charge in [0.1, 0.15) is 6.10 Å². The second kappa shape index (κ2) is 44.1. The second-order valence-corrected chi connectivity index (χ2v) is 15.5. The molecule has 326 valence electrons. The van der Waals surface area contributed by atoms with Crippen molar-refractivity contribution in [1.82, 2.24) is 5.32 Å². The molecule has 0 rings (SSSR count). The van der Waals surface area contributed by atoms with E-state index < -0.39 is 18.2 Å². The fraction of sp³-hybridized carbons (Fsp3) is 0.686. The third-order valence-electron chi connectivity index (χ3n) is 10.1. The lowest BCUT2D eigenvalue weighted by Gasteiger charge is -2.24. The molecule has 0 aliphatic heterocycles. The largest absolute Gasteiger partial charge is 0.462 e.